The molecule has 1 atom stereocenters. The van der Waals surface area contributed by atoms with Gasteiger partial charge >= 0.3 is 0 Å². The molecule has 6 nitrogen and oxygen atoms in total. The van der Waals surface area contributed by atoms with E-state index in [0.717, 1.165) is 5.52 Å². The van der Waals surface area contributed by atoms with Crippen LogP contribution in [0.5, 0.6) is 0 Å². The summed E-state index contributed by atoms with van der Waals surface area (Å²) in [5, 5.41) is 19.8. The summed E-state index contributed by atoms with van der Waals surface area (Å²) in [7, 11) is 0. The average Bonchev–Trinajstić information content (AvgIpc) is 3.05. The van der Waals surface area contributed by atoms with E-state index in [0.29, 0.717) is 35.4 Å². The molecular weight excluding hydrogens is 311 g/mol. The highest BCUT2D eigenvalue weighted by Crippen LogP contribution is 2.33. The Morgan fingerprint density at radius 1 is 1.25 bits per heavy atom. The third kappa shape index (κ3) is 2.28. The quantitative estimate of drug-likeness (QED) is 0.754. The summed E-state index contributed by atoms with van der Waals surface area (Å²) in [5.74, 6) is 0.435. The first kappa shape index (κ1) is 15.2. The van der Waals surface area contributed by atoms with Crippen molar-refractivity contribution in [3.63, 3.8) is 0 Å². The van der Waals surface area contributed by atoms with Crippen molar-refractivity contribution in [1.29, 1.82) is 0 Å². The van der Waals surface area contributed by atoms with Crippen molar-refractivity contribution in [2.24, 2.45) is 0 Å². The largest absolute Gasteiger partial charge is 0.385 e. The van der Waals surface area contributed by atoms with Crippen LogP contribution >= 0.6 is 0 Å². The summed E-state index contributed by atoms with van der Waals surface area (Å²) >= 11 is 0. The standard InChI is InChI=1S/C17H17FN4O2/c1-17(2,24)16-19-7-9(8-20-16)10-5-13-12(6-11(10)18)21-15-14(23)3-4-22(13)15/h5-8,14,23-24H,3-4H2,1-2H3/t14-/m1/s1. The van der Waals surface area contributed by atoms with Crippen LogP contribution in [0.1, 0.15) is 38.0 Å². The zero-order valence-electron chi connectivity index (χ0n) is 13.4. The maximum atomic E-state index is 14.5. The number of rotatable bonds is 2. The minimum Gasteiger partial charge on any atom is -0.385 e. The molecule has 24 heavy (non-hydrogen) atoms. The van der Waals surface area contributed by atoms with Gasteiger partial charge in [0.1, 0.15) is 23.3 Å². The van der Waals surface area contributed by atoms with Crippen LogP contribution in [-0.2, 0) is 12.1 Å². The number of nitrogens with zero attached hydrogens (tertiary/aromatic N) is 4. The van der Waals surface area contributed by atoms with Crippen molar-refractivity contribution in [2.45, 2.75) is 38.5 Å². The van der Waals surface area contributed by atoms with E-state index in [1.165, 1.54) is 18.5 Å². The van der Waals surface area contributed by atoms with Crippen molar-refractivity contribution in [1.82, 2.24) is 19.5 Å². The van der Waals surface area contributed by atoms with Crippen molar-refractivity contribution >= 4 is 11.0 Å². The second-order valence-corrected chi connectivity index (χ2v) is 6.60. The number of halogens is 1. The van der Waals surface area contributed by atoms with Crippen LogP contribution in [0.25, 0.3) is 22.2 Å². The smallest absolute Gasteiger partial charge is 0.159 e. The molecule has 0 aliphatic carbocycles. The number of aromatic nitrogens is 4. The number of benzene rings is 1. The maximum Gasteiger partial charge on any atom is 0.159 e. The molecule has 0 saturated heterocycles. The second kappa shape index (κ2) is 5.06. The van der Waals surface area contributed by atoms with Gasteiger partial charge in [-0.2, -0.15) is 0 Å². The van der Waals surface area contributed by atoms with Gasteiger partial charge < -0.3 is 14.8 Å². The molecule has 3 aromatic rings. The molecule has 3 heterocycles. The van der Waals surface area contributed by atoms with Gasteiger partial charge in [-0.1, -0.05) is 0 Å². The van der Waals surface area contributed by atoms with E-state index >= 15 is 0 Å². The summed E-state index contributed by atoms with van der Waals surface area (Å²) in [5.41, 5.74) is 1.05. The number of aryl methyl sites for hydroxylation is 1. The van der Waals surface area contributed by atoms with Crippen LogP contribution in [-0.4, -0.2) is 29.7 Å². The first-order valence-electron chi connectivity index (χ1n) is 7.77. The van der Waals surface area contributed by atoms with Crippen molar-refractivity contribution in [3.05, 3.63) is 42.0 Å². The number of hydrogen-bond donors (Lipinski definition) is 2. The number of aliphatic hydroxyl groups excluding tert-OH is 1. The fraction of sp³-hybridized carbons (Fsp3) is 0.353. The molecule has 4 rings (SSSR count). The second-order valence-electron chi connectivity index (χ2n) is 6.60. The average molecular weight is 328 g/mol. The highest BCUT2D eigenvalue weighted by molar-refractivity contribution is 5.83. The van der Waals surface area contributed by atoms with Crippen LogP contribution in [0.2, 0.25) is 0 Å². The fourth-order valence-corrected chi connectivity index (χ4v) is 3.04. The van der Waals surface area contributed by atoms with E-state index in [1.807, 2.05) is 4.57 Å². The van der Waals surface area contributed by atoms with E-state index < -0.39 is 17.5 Å². The predicted octanol–water partition coefficient (Wildman–Crippen LogP) is 2.30. The first-order chi connectivity index (χ1) is 11.3. The molecule has 0 unspecified atom stereocenters. The normalized spacial score (nSPS) is 17.5. The highest BCUT2D eigenvalue weighted by atomic mass is 19.1. The van der Waals surface area contributed by atoms with Crippen LogP contribution in [0, 0.1) is 5.82 Å². The van der Waals surface area contributed by atoms with Crippen LogP contribution in [0.4, 0.5) is 4.39 Å². The summed E-state index contributed by atoms with van der Waals surface area (Å²) in [6, 6.07) is 3.08. The van der Waals surface area contributed by atoms with E-state index in [4.69, 9.17) is 0 Å². The summed E-state index contributed by atoms with van der Waals surface area (Å²) in [6.07, 6.45) is 3.02. The van der Waals surface area contributed by atoms with Gasteiger partial charge in [0, 0.05) is 36.1 Å². The number of hydrogen-bond acceptors (Lipinski definition) is 5. The maximum absolute atomic E-state index is 14.5. The molecule has 0 spiro atoms. The van der Waals surface area contributed by atoms with Crippen molar-refractivity contribution in [2.75, 3.05) is 0 Å². The van der Waals surface area contributed by atoms with Crippen LogP contribution < -0.4 is 0 Å². The molecule has 1 aliphatic heterocycles. The lowest BCUT2D eigenvalue weighted by Gasteiger charge is -2.15. The monoisotopic (exact) mass is 328 g/mol. The van der Waals surface area contributed by atoms with Gasteiger partial charge in [-0.05, 0) is 26.3 Å². The van der Waals surface area contributed by atoms with Gasteiger partial charge in [-0.25, -0.2) is 19.3 Å². The molecule has 1 aliphatic rings. The van der Waals surface area contributed by atoms with Crippen molar-refractivity contribution in [3.8, 4) is 11.1 Å². The van der Waals surface area contributed by atoms with Gasteiger partial charge in [0.2, 0.25) is 0 Å². The van der Waals surface area contributed by atoms with Gasteiger partial charge in [-0.3, -0.25) is 0 Å². The third-order valence-electron chi connectivity index (χ3n) is 4.30. The Balaban J connectivity index is 1.83. The Morgan fingerprint density at radius 2 is 1.96 bits per heavy atom. The minimum atomic E-state index is -1.15. The predicted molar refractivity (Wildman–Crippen MR) is 85.5 cm³/mol. The molecule has 1 aromatic carbocycles. The van der Waals surface area contributed by atoms with E-state index in [2.05, 4.69) is 15.0 Å². The Kier molecular flexibility index (Phi) is 3.20. The number of fused-ring (bicyclic) bond motifs is 3. The zero-order valence-corrected chi connectivity index (χ0v) is 13.4. The molecule has 0 saturated carbocycles. The Labute approximate surface area is 137 Å². The topological polar surface area (TPSA) is 84.1 Å². The summed E-state index contributed by atoms with van der Waals surface area (Å²) < 4.78 is 16.4. The van der Waals surface area contributed by atoms with E-state index in [1.54, 1.807) is 19.9 Å². The van der Waals surface area contributed by atoms with Gasteiger partial charge in [0.05, 0.1) is 11.0 Å². The summed E-state index contributed by atoms with van der Waals surface area (Å²) in [4.78, 5) is 12.6. The highest BCUT2D eigenvalue weighted by Gasteiger charge is 2.26. The molecule has 124 valence electrons. The molecular formula is C17H17FN4O2. The lowest BCUT2D eigenvalue weighted by atomic mass is 10.1. The lowest BCUT2D eigenvalue weighted by molar-refractivity contribution is 0.0687. The van der Waals surface area contributed by atoms with E-state index in [-0.39, 0.29) is 5.82 Å². The Hall–Kier alpha value is -2.38. The molecule has 0 fully saturated rings. The van der Waals surface area contributed by atoms with Gasteiger partial charge in [0.15, 0.2) is 5.82 Å². The SMILES string of the molecule is CC(C)(O)c1ncc(-c2cc3c(cc2F)nc2n3CC[C@H]2O)cn1. The number of imidazole rings is 1. The molecule has 2 aromatic heterocycles. The zero-order chi connectivity index (χ0) is 17.1. The first-order valence-corrected chi connectivity index (χ1v) is 7.77. The van der Waals surface area contributed by atoms with E-state index in [9.17, 15) is 14.6 Å². The molecule has 7 heteroatoms. The van der Waals surface area contributed by atoms with Gasteiger partial charge in [0.25, 0.3) is 0 Å². The molecule has 0 radical (unpaired) electrons. The van der Waals surface area contributed by atoms with Crippen LogP contribution in [0.3, 0.4) is 0 Å². The Morgan fingerprint density at radius 3 is 2.62 bits per heavy atom. The fourth-order valence-electron chi connectivity index (χ4n) is 3.04. The minimum absolute atomic E-state index is 0.279. The number of aliphatic hydroxyl groups is 2. The molecule has 2 N–H and O–H groups in total. The third-order valence-corrected chi connectivity index (χ3v) is 4.30. The van der Waals surface area contributed by atoms with Crippen molar-refractivity contribution < 1.29 is 14.6 Å². The molecule has 0 amide bonds. The van der Waals surface area contributed by atoms with Gasteiger partial charge in [-0.15, -0.1) is 0 Å². The molecule has 0 bridgehead atoms. The summed E-state index contributed by atoms with van der Waals surface area (Å²) in [6.45, 7) is 3.84. The van der Waals surface area contributed by atoms with Crippen LogP contribution in [0.15, 0.2) is 24.5 Å². The lowest BCUT2D eigenvalue weighted by Crippen LogP contribution is -2.19. The Bertz CT molecular complexity index is 928.